The van der Waals surface area contributed by atoms with E-state index in [-0.39, 0.29) is 5.91 Å². The van der Waals surface area contributed by atoms with Crippen LogP contribution in [0.15, 0.2) is 12.2 Å². The number of carbonyl (C=O) groups is 1. The van der Waals surface area contributed by atoms with E-state index >= 15 is 0 Å². The Morgan fingerprint density at radius 1 is 0.633 bits per heavy atom. The van der Waals surface area contributed by atoms with Crippen molar-refractivity contribution in [2.75, 3.05) is 19.8 Å². The summed E-state index contributed by atoms with van der Waals surface area (Å²) in [5.74, 6) is -0.245. The number of aliphatic hydroxyl groups excluding tert-OH is 3. The van der Waals surface area contributed by atoms with Crippen molar-refractivity contribution in [3.05, 3.63) is 12.2 Å². The monoisotopic (exact) mass is 720 g/mol. The minimum atomic E-state index is -4.57. The number of phosphoric ester groups is 1. The smallest absolute Gasteiger partial charge is 0.394 e. The van der Waals surface area contributed by atoms with Crippen LogP contribution in [0.25, 0.3) is 0 Å². The Kier molecular flexibility index (Phi) is 35.0. The van der Waals surface area contributed by atoms with E-state index in [1.165, 1.54) is 135 Å². The third kappa shape index (κ3) is 34.1. The van der Waals surface area contributed by atoms with Crippen molar-refractivity contribution < 1.29 is 38.6 Å². The van der Waals surface area contributed by atoms with Crippen molar-refractivity contribution >= 4 is 13.7 Å². The van der Waals surface area contributed by atoms with Gasteiger partial charge >= 0.3 is 7.82 Å². The Morgan fingerprint density at radius 2 is 1.02 bits per heavy atom. The molecule has 0 bridgehead atoms. The summed E-state index contributed by atoms with van der Waals surface area (Å²) in [6.07, 6.45) is 34.7. The molecule has 0 saturated carbocycles. The topological polar surface area (TPSA) is 146 Å². The predicted octanol–water partition coefficient (Wildman–Crippen LogP) is 9.84. The molecule has 292 valence electrons. The van der Waals surface area contributed by atoms with Crippen LogP contribution in [0.3, 0.4) is 0 Å². The van der Waals surface area contributed by atoms with Gasteiger partial charge in [-0.15, -0.1) is 0 Å². The number of phosphoric acid groups is 1. The van der Waals surface area contributed by atoms with Crippen LogP contribution in [0.5, 0.6) is 0 Å². The number of unbranched alkanes of at least 4 members (excludes halogenated alkanes) is 25. The molecule has 0 rings (SSSR count). The highest BCUT2D eigenvalue weighted by Crippen LogP contribution is 2.43. The molecule has 0 aliphatic heterocycles. The molecule has 4 atom stereocenters. The van der Waals surface area contributed by atoms with Crippen LogP contribution in [-0.2, 0) is 18.4 Å². The number of allylic oxidation sites excluding steroid dienone is 1. The Labute approximate surface area is 301 Å². The van der Waals surface area contributed by atoms with Crippen LogP contribution < -0.4 is 5.32 Å². The van der Waals surface area contributed by atoms with Crippen LogP contribution >= 0.6 is 7.82 Å². The molecular weight excluding hydrogens is 641 g/mol. The average Bonchev–Trinajstić information content (AvgIpc) is 3.09. The zero-order chi connectivity index (χ0) is 36.3. The highest BCUT2D eigenvalue weighted by molar-refractivity contribution is 7.47. The van der Waals surface area contributed by atoms with E-state index in [1.54, 1.807) is 6.08 Å². The van der Waals surface area contributed by atoms with Gasteiger partial charge in [-0.2, -0.15) is 0 Å². The van der Waals surface area contributed by atoms with Gasteiger partial charge in [-0.25, -0.2) is 4.57 Å². The second-order valence-electron chi connectivity index (χ2n) is 14.0. The lowest BCUT2D eigenvalue weighted by molar-refractivity contribution is -0.123. The predicted molar refractivity (Wildman–Crippen MR) is 203 cm³/mol. The van der Waals surface area contributed by atoms with E-state index in [0.29, 0.717) is 6.42 Å². The quantitative estimate of drug-likeness (QED) is 0.0241. The Balaban J connectivity index is 4.39. The highest BCUT2D eigenvalue weighted by atomic mass is 31.2. The van der Waals surface area contributed by atoms with Gasteiger partial charge in [0.15, 0.2) is 0 Å². The van der Waals surface area contributed by atoms with Gasteiger partial charge in [0.25, 0.3) is 0 Å². The van der Waals surface area contributed by atoms with E-state index in [1.807, 2.05) is 6.08 Å². The molecule has 0 radical (unpaired) electrons. The second-order valence-corrected chi connectivity index (χ2v) is 15.5. The largest absolute Gasteiger partial charge is 0.472 e. The molecular formula is C39H78NO8P. The summed E-state index contributed by atoms with van der Waals surface area (Å²) < 4.78 is 22.0. The van der Waals surface area contributed by atoms with Crippen molar-refractivity contribution in [2.24, 2.45) is 0 Å². The van der Waals surface area contributed by atoms with E-state index < -0.39 is 45.9 Å². The summed E-state index contributed by atoms with van der Waals surface area (Å²) in [6, 6.07) is -0.941. The molecule has 2 unspecified atom stereocenters. The molecule has 9 nitrogen and oxygen atoms in total. The van der Waals surface area contributed by atoms with Crippen molar-refractivity contribution in [2.45, 2.75) is 212 Å². The molecule has 0 spiro atoms. The van der Waals surface area contributed by atoms with Crippen molar-refractivity contribution in [3.8, 4) is 0 Å². The lowest BCUT2D eigenvalue weighted by Crippen LogP contribution is -2.45. The number of amides is 1. The molecule has 10 heteroatoms. The summed E-state index contributed by atoms with van der Waals surface area (Å²) in [7, 11) is -4.57. The lowest BCUT2D eigenvalue weighted by Gasteiger charge is -2.23. The average molecular weight is 720 g/mol. The Hall–Kier alpha value is -0.800. The molecule has 0 saturated heterocycles. The van der Waals surface area contributed by atoms with Crippen LogP contribution in [0.1, 0.15) is 194 Å². The zero-order valence-electron chi connectivity index (χ0n) is 31.7. The van der Waals surface area contributed by atoms with Gasteiger partial charge in [0.1, 0.15) is 6.10 Å². The number of rotatable bonds is 38. The van der Waals surface area contributed by atoms with Gasteiger partial charge in [-0.05, 0) is 19.3 Å². The zero-order valence-corrected chi connectivity index (χ0v) is 32.6. The first-order valence-electron chi connectivity index (χ1n) is 20.3. The summed E-state index contributed by atoms with van der Waals surface area (Å²) in [4.78, 5) is 22.7. The standard InChI is InChI=1S/C39H78NO8P/c1-3-5-7-9-11-13-15-17-18-20-22-24-26-28-30-32-39(44)40-37(35-48-49(45,46)47-34-36(42)33-41)38(43)31-29-27-25-23-21-19-16-14-12-10-8-6-4-2/h29,31,36-38,41-43H,3-28,30,32-35H2,1-2H3,(H,40,44)(H,45,46)/b31-29-/t36?,37-,38+/m0/s1. The lowest BCUT2D eigenvalue weighted by atomic mass is 10.0. The number of nitrogens with one attached hydrogen (secondary N) is 1. The van der Waals surface area contributed by atoms with Crippen LogP contribution in [0.2, 0.25) is 0 Å². The summed E-state index contributed by atoms with van der Waals surface area (Å²) >= 11 is 0. The molecule has 0 aliphatic carbocycles. The number of hydrogen-bond donors (Lipinski definition) is 5. The molecule has 0 aromatic rings. The molecule has 0 heterocycles. The maximum absolute atomic E-state index is 12.7. The van der Waals surface area contributed by atoms with Gasteiger partial charge in [-0.3, -0.25) is 13.8 Å². The van der Waals surface area contributed by atoms with Crippen LogP contribution in [-0.4, -0.2) is 64.2 Å². The first kappa shape index (κ1) is 48.2. The Morgan fingerprint density at radius 3 is 1.45 bits per heavy atom. The van der Waals surface area contributed by atoms with Gasteiger partial charge in [0.05, 0.1) is 32.0 Å². The molecule has 0 aromatic carbocycles. The maximum Gasteiger partial charge on any atom is 0.472 e. The maximum atomic E-state index is 12.7. The SMILES string of the molecule is CCCCCCCCCCCCC/C=C\[C@@H](O)[C@H](COP(=O)(O)OCC(O)CO)NC(=O)CCCCCCCCCCCCCCCCC. The molecule has 0 fully saturated rings. The Bertz CT molecular complexity index is 799. The molecule has 49 heavy (non-hydrogen) atoms. The molecule has 0 aromatic heterocycles. The van der Waals surface area contributed by atoms with Crippen LogP contribution in [0.4, 0.5) is 0 Å². The first-order chi connectivity index (χ1) is 23.8. The fraction of sp³-hybridized carbons (Fsp3) is 0.923. The van der Waals surface area contributed by atoms with Gasteiger partial charge in [0, 0.05) is 6.42 Å². The van der Waals surface area contributed by atoms with Crippen LogP contribution in [0, 0.1) is 0 Å². The number of aliphatic hydroxyl groups is 3. The fourth-order valence-electron chi connectivity index (χ4n) is 5.90. The van der Waals surface area contributed by atoms with Crippen molar-refractivity contribution in [1.29, 1.82) is 0 Å². The molecule has 1 amide bonds. The van der Waals surface area contributed by atoms with Gasteiger partial charge < -0.3 is 25.5 Å². The van der Waals surface area contributed by atoms with E-state index in [4.69, 9.17) is 14.2 Å². The minimum Gasteiger partial charge on any atom is -0.394 e. The summed E-state index contributed by atoms with van der Waals surface area (Å²) in [5.41, 5.74) is 0. The van der Waals surface area contributed by atoms with E-state index in [9.17, 15) is 24.5 Å². The van der Waals surface area contributed by atoms with Gasteiger partial charge in [0.2, 0.25) is 5.91 Å². The number of hydrogen-bond acceptors (Lipinski definition) is 7. The van der Waals surface area contributed by atoms with E-state index in [0.717, 1.165) is 38.5 Å². The summed E-state index contributed by atoms with van der Waals surface area (Å²) in [5, 5.41) is 31.9. The van der Waals surface area contributed by atoms with E-state index in [2.05, 4.69) is 19.2 Å². The third-order valence-corrected chi connectivity index (χ3v) is 10.1. The summed E-state index contributed by atoms with van der Waals surface area (Å²) in [6.45, 7) is 2.84. The molecule has 0 aliphatic rings. The minimum absolute atomic E-state index is 0.245. The first-order valence-corrected chi connectivity index (χ1v) is 21.8. The second kappa shape index (κ2) is 35.6. The highest BCUT2D eigenvalue weighted by Gasteiger charge is 2.27. The fourth-order valence-corrected chi connectivity index (χ4v) is 6.69. The van der Waals surface area contributed by atoms with Gasteiger partial charge in [-0.1, -0.05) is 180 Å². The van der Waals surface area contributed by atoms with Crippen molar-refractivity contribution in [1.82, 2.24) is 5.32 Å². The normalized spacial score (nSPS) is 15.0. The number of carbonyl (C=O) groups excluding carboxylic acids is 1. The molecule has 5 N–H and O–H groups in total. The van der Waals surface area contributed by atoms with Crippen molar-refractivity contribution in [3.63, 3.8) is 0 Å². The third-order valence-electron chi connectivity index (χ3n) is 9.13.